The van der Waals surface area contributed by atoms with E-state index >= 15 is 0 Å². The third-order valence-corrected chi connectivity index (χ3v) is 5.14. The highest BCUT2D eigenvalue weighted by Crippen LogP contribution is 2.37. The van der Waals surface area contributed by atoms with E-state index in [0.29, 0.717) is 32.3 Å². The van der Waals surface area contributed by atoms with Crippen LogP contribution in [0.1, 0.15) is 24.1 Å². The van der Waals surface area contributed by atoms with Crippen LogP contribution < -0.4 is 15.0 Å². The second kappa shape index (κ2) is 7.82. The minimum Gasteiger partial charge on any atom is -0.465 e. The van der Waals surface area contributed by atoms with Crippen LogP contribution in [0.5, 0.6) is 11.5 Å². The predicted octanol–water partition coefficient (Wildman–Crippen LogP) is 3.44. The van der Waals surface area contributed by atoms with Crippen LogP contribution in [-0.2, 0) is 16.0 Å². The first kappa shape index (κ1) is 19.4. The molecule has 4 rings (SSSR count). The lowest BCUT2D eigenvalue weighted by atomic mass is 9.92. The maximum Gasteiger partial charge on any atom is 0.315 e. The highest BCUT2D eigenvalue weighted by atomic mass is 79.9. The Morgan fingerprint density at radius 1 is 1.28 bits per heavy atom. The molecule has 0 saturated heterocycles. The summed E-state index contributed by atoms with van der Waals surface area (Å²) >= 11 is 3.22. The first-order valence-corrected chi connectivity index (χ1v) is 9.69. The average Bonchev–Trinajstić information content (AvgIpc) is 3.15. The SMILES string of the molecule is CCOC(=O)C(Cc1ccc(Br)cc1F)c1n[nH]c(=O)c2cc3c(cc12)OCO3. The Hall–Kier alpha value is -2.94. The Kier molecular flexibility index (Phi) is 5.23. The van der Waals surface area contributed by atoms with Crippen LogP contribution in [0.25, 0.3) is 10.8 Å². The van der Waals surface area contributed by atoms with Crippen LogP contribution in [0.2, 0.25) is 0 Å². The molecule has 1 aliphatic heterocycles. The molecule has 0 saturated carbocycles. The average molecular weight is 463 g/mol. The van der Waals surface area contributed by atoms with Crippen molar-refractivity contribution in [3.8, 4) is 11.5 Å². The first-order valence-electron chi connectivity index (χ1n) is 8.90. The van der Waals surface area contributed by atoms with Crippen molar-refractivity contribution in [3.63, 3.8) is 0 Å². The van der Waals surface area contributed by atoms with Crippen molar-refractivity contribution in [2.24, 2.45) is 0 Å². The summed E-state index contributed by atoms with van der Waals surface area (Å²) in [4.78, 5) is 25.0. The van der Waals surface area contributed by atoms with Crippen molar-refractivity contribution in [1.29, 1.82) is 0 Å². The van der Waals surface area contributed by atoms with E-state index in [1.165, 1.54) is 6.07 Å². The van der Waals surface area contributed by atoms with Gasteiger partial charge in [0.1, 0.15) is 11.7 Å². The maximum absolute atomic E-state index is 14.4. The number of carbonyl (C=O) groups excluding carboxylic acids is 1. The summed E-state index contributed by atoms with van der Waals surface area (Å²) in [5.74, 6) is -1.06. The van der Waals surface area contributed by atoms with E-state index in [4.69, 9.17) is 14.2 Å². The molecule has 0 fully saturated rings. The minimum atomic E-state index is -0.926. The topological polar surface area (TPSA) is 90.5 Å². The molecule has 2 heterocycles. The van der Waals surface area contributed by atoms with Crippen LogP contribution in [0.3, 0.4) is 0 Å². The van der Waals surface area contributed by atoms with Gasteiger partial charge in [0.2, 0.25) is 6.79 Å². The zero-order valence-corrected chi connectivity index (χ0v) is 16.9. The Balaban J connectivity index is 1.86. The predicted molar refractivity (Wildman–Crippen MR) is 106 cm³/mol. The van der Waals surface area contributed by atoms with Crippen LogP contribution in [0, 0.1) is 5.82 Å². The van der Waals surface area contributed by atoms with Gasteiger partial charge in [0.25, 0.3) is 5.56 Å². The minimum absolute atomic E-state index is 0.0144. The lowest BCUT2D eigenvalue weighted by Crippen LogP contribution is -2.23. The Morgan fingerprint density at radius 2 is 2.00 bits per heavy atom. The molecule has 0 aliphatic carbocycles. The van der Waals surface area contributed by atoms with Crippen molar-refractivity contribution in [2.45, 2.75) is 19.3 Å². The third-order valence-electron chi connectivity index (χ3n) is 4.65. The normalized spacial score (nSPS) is 13.5. The molecule has 0 spiro atoms. The molecule has 150 valence electrons. The number of ether oxygens (including phenoxy) is 3. The van der Waals surface area contributed by atoms with Gasteiger partial charge in [-0.2, -0.15) is 5.10 Å². The molecule has 1 atom stereocenters. The fourth-order valence-corrected chi connectivity index (χ4v) is 3.61. The summed E-state index contributed by atoms with van der Waals surface area (Å²) < 4.78 is 31.0. The van der Waals surface area contributed by atoms with E-state index in [1.54, 1.807) is 31.2 Å². The van der Waals surface area contributed by atoms with Gasteiger partial charge in [0, 0.05) is 9.86 Å². The summed E-state index contributed by atoms with van der Waals surface area (Å²) in [6, 6.07) is 7.77. The van der Waals surface area contributed by atoms with E-state index in [0.717, 1.165) is 0 Å². The first-order chi connectivity index (χ1) is 14.0. The van der Waals surface area contributed by atoms with Crippen LogP contribution >= 0.6 is 15.9 Å². The van der Waals surface area contributed by atoms with Crippen molar-refractivity contribution in [2.75, 3.05) is 13.4 Å². The zero-order valence-electron chi connectivity index (χ0n) is 15.3. The number of aromatic nitrogens is 2. The summed E-state index contributed by atoms with van der Waals surface area (Å²) in [5, 5.41) is 7.24. The Bertz CT molecular complexity index is 1160. The molecule has 1 aliphatic rings. The summed E-state index contributed by atoms with van der Waals surface area (Å²) in [5.41, 5.74) is 0.172. The molecule has 1 N–H and O–H groups in total. The number of nitrogens with one attached hydrogen (secondary N) is 1. The summed E-state index contributed by atoms with van der Waals surface area (Å²) in [6.45, 7) is 1.88. The molecule has 3 aromatic rings. The number of hydrogen-bond acceptors (Lipinski definition) is 6. The highest BCUT2D eigenvalue weighted by Gasteiger charge is 2.29. The fourth-order valence-electron chi connectivity index (χ4n) is 3.28. The molecule has 0 radical (unpaired) electrons. The smallest absolute Gasteiger partial charge is 0.315 e. The highest BCUT2D eigenvalue weighted by molar-refractivity contribution is 9.10. The molecular formula is C20H16BrFN2O5. The van der Waals surface area contributed by atoms with Crippen molar-refractivity contribution in [1.82, 2.24) is 10.2 Å². The fraction of sp³-hybridized carbons (Fsp3) is 0.250. The van der Waals surface area contributed by atoms with Gasteiger partial charge in [-0.3, -0.25) is 9.59 Å². The third kappa shape index (κ3) is 3.69. The van der Waals surface area contributed by atoms with Gasteiger partial charge in [-0.25, -0.2) is 9.49 Å². The molecular weight excluding hydrogens is 447 g/mol. The van der Waals surface area contributed by atoms with Crippen LogP contribution in [-0.4, -0.2) is 29.6 Å². The van der Waals surface area contributed by atoms with Crippen LogP contribution in [0.4, 0.5) is 4.39 Å². The second-order valence-corrected chi connectivity index (χ2v) is 7.35. The number of H-pyrrole nitrogens is 1. The van der Waals surface area contributed by atoms with Gasteiger partial charge in [0.15, 0.2) is 11.5 Å². The maximum atomic E-state index is 14.4. The van der Waals surface area contributed by atoms with Gasteiger partial charge in [0.05, 0.1) is 17.7 Å². The molecule has 2 aromatic carbocycles. The van der Waals surface area contributed by atoms with Gasteiger partial charge in [-0.05, 0) is 43.2 Å². The summed E-state index contributed by atoms with van der Waals surface area (Å²) in [6.07, 6.45) is 0.0144. The summed E-state index contributed by atoms with van der Waals surface area (Å²) in [7, 11) is 0. The zero-order chi connectivity index (χ0) is 20.5. The van der Waals surface area contributed by atoms with Gasteiger partial charge in [-0.15, -0.1) is 0 Å². The lowest BCUT2D eigenvalue weighted by Gasteiger charge is -2.17. The molecule has 0 amide bonds. The largest absolute Gasteiger partial charge is 0.465 e. The molecule has 1 aromatic heterocycles. The van der Waals surface area contributed by atoms with E-state index in [1.807, 2.05) is 0 Å². The van der Waals surface area contributed by atoms with Gasteiger partial charge >= 0.3 is 5.97 Å². The second-order valence-electron chi connectivity index (χ2n) is 6.43. The number of benzene rings is 2. The number of fused-ring (bicyclic) bond motifs is 2. The quantitative estimate of drug-likeness (QED) is 0.584. The molecule has 0 bridgehead atoms. The Labute approximate surface area is 172 Å². The van der Waals surface area contributed by atoms with Gasteiger partial charge in [-0.1, -0.05) is 22.0 Å². The van der Waals surface area contributed by atoms with Gasteiger partial charge < -0.3 is 14.2 Å². The lowest BCUT2D eigenvalue weighted by molar-refractivity contribution is -0.145. The van der Waals surface area contributed by atoms with Crippen molar-refractivity contribution < 1.29 is 23.4 Å². The van der Waals surface area contributed by atoms with E-state index < -0.39 is 23.3 Å². The number of nitrogens with zero attached hydrogens (tertiary/aromatic N) is 1. The number of hydrogen-bond donors (Lipinski definition) is 1. The monoisotopic (exact) mass is 462 g/mol. The van der Waals surface area contributed by atoms with E-state index in [9.17, 15) is 14.0 Å². The number of rotatable bonds is 5. The van der Waals surface area contributed by atoms with Crippen LogP contribution in [0.15, 0.2) is 39.6 Å². The standard InChI is InChI=1S/C20H16BrFN2O5/c1-2-27-20(26)14(5-10-3-4-11(21)6-15(10)22)18-12-7-16-17(29-9-28-16)8-13(12)19(25)24-23-18/h3-4,6-8,14H,2,5,9H2,1H3,(H,24,25). The molecule has 9 heteroatoms. The number of halogens is 2. The van der Waals surface area contributed by atoms with Crippen molar-refractivity contribution >= 4 is 32.7 Å². The number of aromatic amines is 1. The molecule has 29 heavy (non-hydrogen) atoms. The van der Waals surface area contributed by atoms with Crippen molar-refractivity contribution in [3.05, 3.63) is 62.2 Å². The number of esters is 1. The van der Waals surface area contributed by atoms with E-state index in [-0.39, 0.29) is 25.5 Å². The number of carbonyl (C=O) groups is 1. The molecule has 7 nitrogen and oxygen atoms in total. The van der Waals surface area contributed by atoms with E-state index in [2.05, 4.69) is 26.1 Å². The Morgan fingerprint density at radius 3 is 2.69 bits per heavy atom. The molecule has 1 unspecified atom stereocenters.